The van der Waals surface area contributed by atoms with Gasteiger partial charge >= 0.3 is 0 Å². The lowest BCUT2D eigenvalue weighted by atomic mass is 9.76. The first-order chi connectivity index (χ1) is 14.0. The summed E-state index contributed by atoms with van der Waals surface area (Å²) in [6, 6.07) is 7.57. The van der Waals surface area contributed by atoms with Crippen LogP contribution in [0.4, 0.5) is 5.82 Å². The normalized spacial score (nSPS) is 19.3. The Hall–Kier alpha value is -2.54. The van der Waals surface area contributed by atoms with E-state index < -0.39 is 5.92 Å². The van der Waals surface area contributed by atoms with E-state index in [1.165, 1.54) is 0 Å². The lowest BCUT2D eigenvalue weighted by molar-refractivity contribution is -0.116. The third-order valence-electron chi connectivity index (χ3n) is 5.57. The summed E-state index contributed by atoms with van der Waals surface area (Å²) in [4.78, 5) is 33.6. The first kappa shape index (κ1) is 19.8. The smallest absolute Gasteiger partial charge is 0.257 e. The van der Waals surface area contributed by atoms with E-state index in [9.17, 15) is 9.59 Å². The highest BCUT2D eigenvalue weighted by molar-refractivity contribution is 7.99. The number of ketones is 1. The largest absolute Gasteiger partial charge is 0.497 e. The summed E-state index contributed by atoms with van der Waals surface area (Å²) in [7, 11) is 1.62. The lowest BCUT2D eigenvalue weighted by Gasteiger charge is -2.32. The van der Waals surface area contributed by atoms with Crippen LogP contribution < -0.4 is 15.6 Å². The molecule has 1 aromatic carbocycles. The van der Waals surface area contributed by atoms with Gasteiger partial charge in [-0.05, 0) is 37.0 Å². The number of carbonyl (C=O) groups is 1. The van der Waals surface area contributed by atoms with E-state index in [1.807, 2.05) is 24.3 Å². The molecular formula is C22H25N3O3S. The number of carbonyl (C=O) groups excluding carboxylic acids is 1. The molecule has 2 N–H and O–H groups in total. The molecule has 0 saturated carbocycles. The molecule has 152 valence electrons. The van der Waals surface area contributed by atoms with Gasteiger partial charge in [0.15, 0.2) is 10.9 Å². The number of aromatic amines is 1. The molecule has 0 amide bonds. The summed E-state index contributed by atoms with van der Waals surface area (Å²) in [6.07, 6.45) is 3.09. The van der Waals surface area contributed by atoms with Crippen molar-refractivity contribution in [2.24, 2.45) is 0 Å². The van der Waals surface area contributed by atoms with E-state index in [2.05, 4.69) is 24.1 Å². The van der Waals surface area contributed by atoms with Crippen molar-refractivity contribution >= 4 is 23.4 Å². The van der Waals surface area contributed by atoms with Crippen molar-refractivity contribution < 1.29 is 9.53 Å². The van der Waals surface area contributed by atoms with Gasteiger partial charge in [-0.15, -0.1) is 0 Å². The third-order valence-corrected chi connectivity index (χ3v) is 6.73. The maximum Gasteiger partial charge on any atom is 0.257 e. The number of rotatable bonds is 5. The number of thioether (sulfide) groups is 1. The molecular weight excluding hydrogens is 386 g/mol. The highest BCUT2D eigenvalue weighted by Crippen LogP contribution is 2.43. The van der Waals surface area contributed by atoms with Crippen molar-refractivity contribution in [2.75, 3.05) is 12.4 Å². The number of anilines is 1. The Morgan fingerprint density at radius 2 is 2.00 bits per heavy atom. The molecule has 0 saturated heterocycles. The molecule has 2 aliphatic rings. The molecule has 0 radical (unpaired) electrons. The van der Waals surface area contributed by atoms with Gasteiger partial charge in [-0.2, -0.15) is 0 Å². The Bertz CT molecular complexity index is 1030. The van der Waals surface area contributed by atoms with E-state index in [0.717, 1.165) is 36.3 Å². The van der Waals surface area contributed by atoms with Gasteiger partial charge < -0.3 is 15.0 Å². The van der Waals surface area contributed by atoms with Crippen molar-refractivity contribution in [1.82, 2.24) is 9.97 Å². The Labute approximate surface area is 174 Å². The maximum absolute atomic E-state index is 13.1. The number of H-pyrrole nitrogens is 1. The summed E-state index contributed by atoms with van der Waals surface area (Å²) in [5.41, 5.74) is 2.80. The van der Waals surface area contributed by atoms with Crippen LogP contribution in [0, 0.1) is 0 Å². The van der Waals surface area contributed by atoms with Crippen LogP contribution in [0.1, 0.15) is 56.6 Å². The minimum absolute atomic E-state index is 0.0997. The Kier molecular flexibility index (Phi) is 5.50. The van der Waals surface area contributed by atoms with Gasteiger partial charge in [-0.1, -0.05) is 37.7 Å². The van der Waals surface area contributed by atoms with Gasteiger partial charge in [-0.3, -0.25) is 9.59 Å². The second-order valence-corrected chi connectivity index (χ2v) is 8.90. The number of ether oxygens (including phenoxy) is 1. The van der Waals surface area contributed by atoms with Gasteiger partial charge in [0, 0.05) is 28.9 Å². The maximum atomic E-state index is 13.1. The van der Waals surface area contributed by atoms with Crippen LogP contribution >= 0.6 is 11.8 Å². The quantitative estimate of drug-likeness (QED) is 0.566. The van der Waals surface area contributed by atoms with E-state index in [0.29, 0.717) is 33.8 Å². The predicted molar refractivity (Wildman–Crippen MR) is 115 cm³/mol. The fourth-order valence-electron chi connectivity index (χ4n) is 3.90. The molecule has 6 nitrogen and oxygen atoms in total. The van der Waals surface area contributed by atoms with Crippen molar-refractivity contribution in [3.8, 4) is 5.75 Å². The number of nitrogens with one attached hydrogen (secondary N) is 2. The number of Topliss-reactive ketones (excluding diaryl/α,β-unsaturated/α-hetero) is 1. The van der Waals surface area contributed by atoms with Crippen LogP contribution in [0.15, 0.2) is 45.5 Å². The van der Waals surface area contributed by atoms with Crippen LogP contribution in [-0.2, 0) is 4.79 Å². The molecule has 2 aromatic rings. The zero-order valence-electron chi connectivity index (χ0n) is 16.9. The zero-order valence-corrected chi connectivity index (χ0v) is 17.7. The molecule has 2 heterocycles. The molecule has 0 fully saturated rings. The summed E-state index contributed by atoms with van der Waals surface area (Å²) < 4.78 is 5.27. The minimum atomic E-state index is -0.418. The minimum Gasteiger partial charge on any atom is -0.497 e. The fraction of sp³-hybridized carbons (Fsp3) is 0.409. The predicted octanol–water partition coefficient (Wildman–Crippen LogP) is 4.23. The molecule has 1 aliphatic heterocycles. The molecule has 4 rings (SSSR count). The van der Waals surface area contributed by atoms with Crippen LogP contribution in [0.2, 0.25) is 0 Å². The summed E-state index contributed by atoms with van der Waals surface area (Å²) in [6.45, 7) is 4.22. The molecule has 1 aromatic heterocycles. The van der Waals surface area contributed by atoms with E-state index in [-0.39, 0.29) is 11.3 Å². The van der Waals surface area contributed by atoms with Gasteiger partial charge in [0.25, 0.3) is 5.56 Å². The number of allylic oxidation sites excluding steroid dienone is 2. The summed E-state index contributed by atoms with van der Waals surface area (Å²) >= 11 is 1.56. The molecule has 0 unspecified atom stereocenters. The Balaban J connectivity index is 1.86. The van der Waals surface area contributed by atoms with Crippen molar-refractivity contribution in [1.29, 1.82) is 0 Å². The number of hydrogen-bond donors (Lipinski definition) is 2. The molecule has 29 heavy (non-hydrogen) atoms. The third kappa shape index (κ3) is 3.71. The van der Waals surface area contributed by atoms with Gasteiger partial charge in [0.1, 0.15) is 11.6 Å². The molecule has 0 spiro atoms. The molecule has 1 aliphatic carbocycles. The highest BCUT2D eigenvalue weighted by atomic mass is 32.2. The zero-order chi connectivity index (χ0) is 20.5. The number of benzene rings is 1. The van der Waals surface area contributed by atoms with Crippen molar-refractivity contribution in [3.05, 3.63) is 57.0 Å². The number of fused-ring (bicyclic) bond motifs is 1. The molecule has 2 atom stereocenters. The fourth-order valence-corrected chi connectivity index (χ4v) is 4.74. The van der Waals surface area contributed by atoms with E-state index in [4.69, 9.17) is 9.72 Å². The number of nitrogens with zero attached hydrogens (tertiary/aromatic N) is 1. The average molecular weight is 412 g/mol. The van der Waals surface area contributed by atoms with Gasteiger partial charge in [0.05, 0.1) is 12.7 Å². The van der Waals surface area contributed by atoms with Gasteiger partial charge in [0.2, 0.25) is 0 Å². The SMILES string of the molecule is CC[C@H](C)Sc1nc2c(c(=O)[nH]1)[C@H](c1ccc(OC)cc1)C1=C(CCCC1=O)N2. The topological polar surface area (TPSA) is 84.1 Å². The first-order valence-corrected chi connectivity index (χ1v) is 10.9. The number of methoxy groups -OCH3 is 1. The first-order valence-electron chi connectivity index (χ1n) is 9.99. The summed E-state index contributed by atoms with van der Waals surface area (Å²) in [5.74, 6) is 0.981. The van der Waals surface area contributed by atoms with Crippen LogP contribution in [-0.4, -0.2) is 28.1 Å². The number of hydrogen-bond acceptors (Lipinski definition) is 6. The van der Waals surface area contributed by atoms with E-state index in [1.54, 1.807) is 18.9 Å². The monoisotopic (exact) mass is 411 g/mol. The Morgan fingerprint density at radius 1 is 1.24 bits per heavy atom. The standard InChI is InChI=1S/C22H25N3O3S/c1-4-12(2)29-22-24-20-19(21(27)25-22)17(13-8-10-14(28-3)11-9-13)18-15(23-20)6-5-7-16(18)26/h8-12,17H,4-7H2,1-3H3,(H2,23,24,25,27)/t12-,17+/m0/s1. The van der Waals surface area contributed by atoms with Crippen LogP contribution in [0.25, 0.3) is 0 Å². The average Bonchev–Trinajstić information content (AvgIpc) is 2.72. The van der Waals surface area contributed by atoms with E-state index >= 15 is 0 Å². The lowest BCUT2D eigenvalue weighted by Crippen LogP contribution is -2.32. The van der Waals surface area contributed by atoms with Crippen molar-refractivity contribution in [3.63, 3.8) is 0 Å². The molecule has 0 bridgehead atoms. The van der Waals surface area contributed by atoms with Crippen LogP contribution in [0.5, 0.6) is 5.75 Å². The van der Waals surface area contributed by atoms with Crippen molar-refractivity contribution in [2.45, 2.75) is 55.9 Å². The van der Waals surface area contributed by atoms with Crippen LogP contribution in [0.3, 0.4) is 0 Å². The Morgan fingerprint density at radius 3 is 2.69 bits per heavy atom. The second-order valence-electron chi connectivity index (χ2n) is 7.47. The second kappa shape index (κ2) is 8.06. The molecule has 7 heteroatoms. The highest BCUT2D eigenvalue weighted by Gasteiger charge is 2.37. The summed E-state index contributed by atoms with van der Waals surface area (Å²) in [5, 5.41) is 4.27. The van der Waals surface area contributed by atoms with Gasteiger partial charge in [-0.25, -0.2) is 4.98 Å². The number of aromatic nitrogens is 2.